The summed E-state index contributed by atoms with van der Waals surface area (Å²) in [6.45, 7) is 1.85. The molecule has 6 heteroatoms. The quantitative estimate of drug-likeness (QED) is 0.818. The van der Waals surface area contributed by atoms with Crippen LogP contribution in [0.2, 0.25) is 0 Å². The van der Waals surface area contributed by atoms with Gasteiger partial charge in [-0.3, -0.25) is 5.32 Å². The van der Waals surface area contributed by atoms with Crippen LogP contribution >= 0.6 is 0 Å². The molecule has 0 saturated heterocycles. The van der Waals surface area contributed by atoms with Gasteiger partial charge in [-0.25, -0.2) is 14.8 Å². The van der Waals surface area contributed by atoms with Gasteiger partial charge < -0.3 is 9.52 Å². The molecule has 0 fully saturated rings. The number of anilines is 2. The van der Waals surface area contributed by atoms with E-state index in [0.29, 0.717) is 5.82 Å². The van der Waals surface area contributed by atoms with Crippen LogP contribution in [0.1, 0.15) is 16.2 Å². The van der Waals surface area contributed by atoms with Crippen LogP contribution in [0.4, 0.5) is 11.8 Å². The summed E-state index contributed by atoms with van der Waals surface area (Å²) in [5, 5.41) is 11.4. The van der Waals surface area contributed by atoms with Gasteiger partial charge in [0.15, 0.2) is 0 Å². The number of rotatable bonds is 3. The summed E-state index contributed by atoms with van der Waals surface area (Å²) in [4.78, 5) is 18.5. The number of hydrogen-bond donors (Lipinski definition) is 2. The molecule has 0 aliphatic rings. The molecule has 2 aromatic rings. The van der Waals surface area contributed by atoms with Crippen molar-refractivity contribution in [3.63, 3.8) is 0 Å². The number of carboxylic acid groups (broad SMARTS) is 1. The normalized spacial score (nSPS) is 10.1. The van der Waals surface area contributed by atoms with E-state index in [1.807, 2.05) is 19.1 Å². The number of hydrogen-bond acceptors (Lipinski definition) is 5. The van der Waals surface area contributed by atoms with Crippen molar-refractivity contribution in [2.24, 2.45) is 0 Å². The largest absolute Gasteiger partial charge is 0.475 e. The Bertz CT molecular complexity index is 522. The Kier molecular flexibility index (Phi) is 2.55. The molecular formula is C10H9N3O3. The van der Waals surface area contributed by atoms with Crippen LogP contribution in [0.3, 0.4) is 0 Å². The molecule has 0 unspecified atom stereocenters. The summed E-state index contributed by atoms with van der Waals surface area (Å²) in [5.74, 6) is -0.813. The molecule has 0 bridgehead atoms. The van der Waals surface area contributed by atoms with Crippen LogP contribution in [-0.2, 0) is 0 Å². The summed E-state index contributed by atoms with van der Waals surface area (Å²) < 4.78 is 4.93. The average molecular weight is 219 g/mol. The van der Waals surface area contributed by atoms with Crippen molar-refractivity contribution in [1.82, 2.24) is 9.97 Å². The van der Waals surface area contributed by atoms with E-state index in [1.165, 1.54) is 0 Å². The SMILES string of the molecule is Cc1cccc(Nc2ncc(C(=O)O)o2)n1. The lowest BCUT2D eigenvalue weighted by atomic mass is 10.4. The lowest BCUT2D eigenvalue weighted by Gasteiger charge is -2.00. The Balaban J connectivity index is 2.17. The van der Waals surface area contributed by atoms with Crippen molar-refractivity contribution < 1.29 is 14.3 Å². The molecule has 6 nitrogen and oxygen atoms in total. The lowest BCUT2D eigenvalue weighted by molar-refractivity contribution is 0.0663. The summed E-state index contributed by atoms with van der Waals surface area (Å²) >= 11 is 0. The van der Waals surface area contributed by atoms with Gasteiger partial charge in [0.05, 0.1) is 6.20 Å². The number of carboxylic acids is 1. The van der Waals surface area contributed by atoms with Gasteiger partial charge in [-0.15, -0.1) is 0 Å². The van der Waals surface area contributed by atoms with E-state index in [9.17, 15) is 4.79 Å². The highest BCUT2D eigenvalue weighted by atomic mass is 16.4. The van der Waals surface area contributed by atoms with E-state index >= 15 is 0 Å². The second-order valence-electron chi connectivity index (χ2n) is 3.12. The van der Waals surface area contributed by atoms with Crippen molar-refractivity contribution in [2.75, 3.05) is 5.32 Å². The van der Waals surface area contributed by atoms with Crippen molar-refractivity contribution in [2.45, 2.75) is 6.92 Å². The maximum Gasteiger partial charge on any atom is 0.373 e. The highest BCUT2D eigenvalue weighted by Crippen LogP contribution is 2.14. The molecule has 0 radical (unpaired) electrons. The molecule has 0 aromatic carbocycles. The fourth-order valence-electron chi connectivity index (χ4n) is 1.15. The van der Waals surface area contributed by atoms with E-state index < -0.39 is 5.97 Å². The Hall–Kier alpha value is -2.37. The Morgan fingerprint density at radius 3 is 2.94 bits per heavy atom. The molecule has 2 aromatic heterocycles. The summed E-state index contributed by atoms with van der Waals surface area (Å²) in [7, 11) is 0. The van der Waals surface area contributed by atoms with Gasteiger partial charge in [0, 0.05) is 5.69 Å². The Morgan fingerprint density at radius 1 is 1.50 bits per heavy atom. The van der Waals surface area contributed by atoms with Crippen molar-refractivity contribution in [3.8, 4) is 0 Å². The van der Waals surface area contributed by atoms with E-state index in [1.54, 1.807) is 6.07 Å². The molecule has 2 N–H and O–H groups in total. The van der Waals surface area contributed by atoms with Gasteiger partial charge >= 0.3 is 12.0 Å². The van der Waals surface area contributed by atoms with Crippen LogP contribution in [0.5, 0.6) is 0 Å². The first-order chi connectivity index (χ1) is 7.65. The standard InChI is InChI=1S/C10H9N3O3/c1-6-3-2-4-8(12-6)13-10-11-5-7(16-10)9(14)15/h2-5H,1H3,(H,14,15)(H,11,12,13). The fourth-order valence-corrected chi connectivity index (χ4v) is 1.15. The van der Waals surface area contributed by atoms with Crippen LogP contribution < -0.4 is 5.32 Å². The van der Waals surface area contributed by atoms with Crippen LogP contribution in [0.25, 0.3) is 0 Å². The average Bonchev–Trinajstić information content (AvgIpc) is 2.66. The smallest absolute Gasteiger partial charge is 0.373 e. The molecule has 0 atom stereocenters. The van der Waals surface area contributed by atoms with E-state index in [0.717, 1.165) is 11.9 Å². The zero-order valence-electron chi connectivity index (χ0n) is 8.47. The first-order valence-electron chi connectivity index (χ1n) is 4.55. The van der Waals surface area contributed by atoms with E-state index in [-0.39, 0.29) is 11.8 Å². The Morgan fingerprint density at radius 2 is 2.31 bits per heavy atom. The summed E-state index contributed by atoms with van der Waals surface area (Å²) in [6, 6.07) is 5.52. The van der Waals surface area contributed by atoms with Gasteiger partial charge in [0.1, 0.15) is 5.82 Å². The predicted octanol–water partition coefficient (Wildman–Crippen LogP) is 1.82. The van der Waals surface area contributed by atoms with Crippen molar-refractivity contribution in [1.29, 1.82) is 0 Å². The number of carbonyl (C=O) groups is 1. The third-order valence-electron chi connectivity index (χ3n) is 1.84. The number of nitrogens with zero attached hydrogens (tertiary/aromatic N) is 2. The molecule has 2 heterocycles. The first-order valence-corrected chi connectivity index (χ1v) is 4.55. The highest BCUT2D eigenvalue weighted by molar-refractivity contribution is 5.84. The van der Waals surface area contributed by atoms with Crippen LogP contribution in [0.15, 0.2) is 28.8 Å². The minimum atomic E-state index is -1.15. The maximum atomic E-state index is 10.5. The van der Waals surface area contributed by atoms with Crippen LogP contribution in [-0.4, -0.2) is 21.0 Å². The number of aromatic carboxylic acids is 1. The number of oxazole rings is 1. The minimum Gasteiger partial charge on any atom is -0.475 e. The van der Waals surface area contributed by atoms with Gasteiger partial charge in [0.25, 0.3) is 0 Å². The van der Waals surface area contributed by atoms with E-state index in [2.05, 4.69) is 15.3 Å². The fraction of sp³-hybridized carbons (Fsp3) is 0.100. The number of pyridine rings is 1. The molecule has 0 saturated carbocycles. The topological polar surface area (TPSA) is 88.2 Å². The highest BCUT2D eigenvalue weighted by Gasteiger charge is 2.10. The van der Waals surface area contributed by atoms with E-state index in [4.69, 9.17) is 9.52 Å². The molecule has 0 amide bonds. The molecule has 0 aliphatic heterocycles. The second kappa shape index (κ2) is 4.01. The van der Waals surface area contributed by atoms with Gasteiger partial charge in [0.2, 0.25) is 5.76 Å². The number of aryl methyl sites for hydroxylation is 1. The third kappa shape index (κ3) is 2.17. The molecular weight excluding hydrogens is 210 g/mol. The van der Waals surface area contributed by atoms with Gasteiger partial charge in [-0.2, -0.15) is 0 Å². The Labute approximate surface area is 91.0 Å². The predicted molar refractivity (Wildman–Crippen MR) is 55.7 cm³/mol. The second-order valence-corrected chi connectivity index (χ2v) is 3.12. The number of nitrogens with one attached hydrogen (secondary N) is 1. The number of aromatic nitrogens is 2. The summed E-state index contributed by atoms with van der Waals surface area (Å²) in [5.41, 5.74) is 0.843. The molecule has 2 rings (SSSR count). The van der Waals surface area contributed by atoms with Crippen molar-refractivity contribution in [3.05, 3.63) is 35.9 Å². The maximum absolute atomic E-state index is 10.5. The third-order valence-corrected chi connectivity index (χ3v) is 1.84. The van der Waals surface area contributed by atoms with Crippen LogP contribution in [0, 0.1) is 6.92 Å². The zero-order valence-corrected chi connectivity index (χ0v) is 8.47. The molecule has 0 spiro atoms. The lowest BCUT2D eigenvalue weighted by Crippen LogP contribution is -1.95. The van der Waals surface area contributed by atoms with Crippen molar-refractivity contribution >= 4 is 17.8 Å². The minimum absolute atomic E-state index is 0.107. The van der Waals surface area contributed by atoms with Gasteiger partial charge in [-0.1, -0.05) is 6.07 Å². The molecule has 0 aliphatic carbocycles. The zero-order chi connectivity index (χ0) is 11.5. The monoisotopic (exact) mass is 219 g/mol. The summed E-state index contributed by atoms with van der Waals surface area (Å²) in [6.07, 6.45) is 1.14. The van der Waals surface area contributed by atoms with Gasteiger partial charge in [-0.05, 0) is 19.1 Å². The molecule has 16 heavy (non-hydrogen) atoms. The first kappa shape index (κ1) is 10.2. The molecule has 82 valence electrons.